The Kier molecular flexibility index (Phi) is 3.73. The van der Waals surface area contributed by atoms with E-state index >= 15 is 0 Å². The lowest BCUT2D eigenvalue weighted by molar-refractivity contribution is 0.174. The molecule has 1 aromatic carbocycles. The van der Waals surface area contributed by atoms with Gasteiger partial charge in [-0.25, -0.2) is 0 Å². The van der Waals surface area contributed by atoms with E-state index in [1.165, 1.54) is 0 Å². The molecule has 4 nitrogen and oxygen atoms in total. The standard InChI is InChI=1S/C14H18N2O2/c1-14(2,9-15)5-6-16-8-11-3-4-12-13(7-11)18-10-17-12/h3-4,7,16H,5-6,8,10H2,1-2H3. The molecule has 18 heavy (non-hydrogen) atoms. The van der Waals surface area contributed by atoms with Crippen LogP contribution in [0.2, 0.25) is 0 Å². The first kappa shape index (κ1) is 12.7. The summed E-state index contributed by atoms with van der Waals surface area (Å²) in [6.07, 6.45) is 0.841. The summed E-state index contributed by atoms with van der Waals surface area (Å²) in [5.74, 6) is 1.62. The Balaban J connectivity index is 1.79. The topological polar surface area (TPSA) is 54.3 Å². The number of fused-ring (bicyclic) bond motifs is 1. The molecule has 1 heterocycles. The van der Waals surface area contributed by atoms with Gasteiger partial charge in [-0.3, -0.25) is 0 Å². The monoisotopic (exact) mass is 246 g/mol. The van der Waals surface area contributed by atoms with Gasteiger partial charge in [0.25, 0.3) is 0 Å². The van der Waals surface area contributed by atoms with Gasteiger partial charge in [0, 0.05) is 6.54 Å². The van der Waals surface area contributed by atoms with Gasteiger partial charge in [0.05, 0.1) is 11.5 Å². The van der Waals surface area contributed by atoms with Gasteiger partial charge in [0.2, 0.25) is 6.79 Å². The Hall–Kier alpha value is -1.73. The zero-order chi connectivity index (χ0) is 13.0. The summed E-state index contributed by atoms with van der Waals surface area (Å²) in [4.78, 5) is 0. The van der Waals surface area contributed by atoms with E-state index in [-0.39, 0.29) is 5.41 Å². The van der Waals surface area contributed by atoms with Crippen LogP contribution in [0.5, 0.6) is 11.5 Å². The van der Waals surface area contributed by atoms with E-state index in [9.17, 15) is 0 Å². The molecule has 0 spiro atoms. The number of hydrogen-bond donors (Lipinski definition) is 1. The zero-order valence-corrected chi connectivity index (χ0v) is 10.8. The highest BCUT2D eigenvalue weighted by molar-refractivity contribution is 5.44. The molecular weight excluding hydrogens is 228 g/mol. The van der Waals surface area contributed by atoms with Crippen molar-refractivity contribution >= 4 is 0 Å². The Labute approximate surface area is 108 Å². The van der Waals surface area contributed by atoms with E-state index in [1.807, 2.05) is 32.0 Å². The number of nitriles is 1. The van der Waals surface area contributed by atoms with Gasteiger partial charge in [-0.1, -0.05) is 6.07 Å². The Morgan fingerprint density at radius 2 is 2.11 bits per heavy atom. The van der Waals surface area contributed by atoms with Crippen molar-refractivity contribution in [3.8, 4) is 17.6 Å². The summed E-state index contributed by atoms with van der Waals surface area (Å²) in [6, 6.07) is 8.24. The van der Waals surface area contributed by atoms with Gasteiger partial charge < -0.3 is 14.8 Å². The quantitative estimate of drug-likeness (QED) is 0.811. The zero-order valence-electron chi connectivity index (χ0n) is 10.8. The average molecular weight is 246 g/mol. The normalized spacial score (nSPS) is 13.4. The molecule has 1 aliphatic rings. The highest BCUT2D eigenvalue weighted by Crippen LogP contribution is 2.32. The van der Waals surface area contributed by atoms with Crippen molar-refractivity contribution in [2.75, 3.05) is 13.3 Å². The molecule has 1 aliphatic heterocycles. The fourth-order valence-corrected chi connectivity index (χ4v) is 1.74. The molecule has 0 aliphatic carbocycles. The van der Waals surface area contributed by atoms with E-state index in [1.54, 1.807) is 0 Å². The Bertz CT molecular complexity index is 463. The largest absolute Gasteiger partial charge is 0.454 e. The minimum absolute atomic E-state index is 0.262. The molecule has 0 saturated carbocycles. The fourth-order valence-electron chi connectivity index (χ4n) is 1.74. The van der Waals surface area contributed by atoms with Crippen molar-refractivity contribution < 1.29 is 9.47 Å². The van der Waals surface area contributed by atoms with Crippen LogP contribution in [0.25, 0.3) is 0 Å². The second kappa shape index (κ2) is 5.28. The minimum atomic E-state index is -0.262. The Morgan fingerprint density at radius 1 is 1.33 bits per heavy atom. The molecule has 0 aromatic heterocycles. The predicted molar refractivity (Wildman–Crippen MR) is 68.3 cm³/mol. The number of nitrogens with zero attached hydrogens (tertiary/aromatic N) is 1. The lowest BCUT2D eigenvalue weighted by Gasteiger charge is -2.15. The molecule has 2 rings (SSSR count). The number of rotatable bonds is 5. The van der Waals surface area contributed by atoms with Crippen molar-refractivity contribution in [3.05, 3.63) is 23.8 Å². The van der Waals surface area contributed by atoms with Gasteiger partial charge in [-0.15, -0.1) is 0 Å². The van der Waals surface area contributed by atoms with Gasteiger partial charge in [0.15, 0.2) is 11.5 Å². The summed E-state index contributed by atoms with van der Waals surface area (Å²) >= 11 is 0. The number of benzene rings is 1. The molecule has 0 atom stereocenters. The van der Waals surface area contributed by atoms with Crippen LogP contribution in [0.4, 0.5) is 0 Å². The molecule has 0 radical (unpaired) electrons. The number of ether oxygens (including phenoxy) is 2. The van der Waals surface area contributed by atoms with E-state index in [4.69, 9.17) is 14.7 Å². The van der Waals surface area contributed by atoms with E-state index in [0.717, 1.165) is 36.6 Å². The van der Waals surface area contributed by atoms with E-state index in [2.05, 4.69) is 11.4 Å². The van der Waals surface area contributed by atoms with Crippen molar-refractivity contribution in [1.82, 2.24) is 5.32 Å². The van der Waals surface area contributed by atoms with Gasteiger partial charge >= 0.3 is 0 Å². The van der Waals surface area contributed by atoms with Crippen LogP contribution in [0, 0.1) is 16.7 Å². The summed E-state index contributed by atoms with van der Waals surface area (Å²) < 4.78 is 10.6. The first-order valence-electron chi connectivity index (χ1n) is 6.11. The molecule has 0 bridgehead atoms. The first-order chi connectivity index (χ1) is 8.61. The second-order valence-electron chi connectivity index (χ2n) is 5.11. The molecule has 0 unspecified atom stereocenters. The van der Waals surface area contributed by atoms with Crippen LogP contribution in [-0.2, 0) is 6.54 Å². The van der Waals surface area contributed by atoms with E-state index < -0.39 is 0 Å². The molecule has 4 heteroatoms. The summed E-state index contributed by atoms with van der Waals surface area (Å²) in [6.45, 7) is 5.82. The molecule has 0 amide bonds. The third-order valence-corrected chi connectivity index (χ3v) is 3.00. The number of nitrogens with one attached hydrogen (secondary N) is 1. The third-order valence-electron chi connectivity index (χ3n) is 3.00. The van der Waals surface area contributed by atoms with E-state index in [0.29, 0.717) is 6.79 Å². The predicted octanol–water partition coefficient (Wildman–Crippen LogP) is 2.44. The molecule has 1 N–H and O–H groups in total. The summed E-state index contributed by atoms with van der Waals surface area (Å²) in [5, 5.41) is 12.2. The average Bonchev–Trinajstić information content (AvgIpc) is 2.82. The number of hydrogen-bond acceptors (Lipinski definition) is 4. The first-order valence-corrected chi connectivity index (χ1v) is 6.11. The van der Waals surface area contributed by atoms with Gasteiger partial charge in [-0.2, -0.15) is 5.26 Å². The van der Waals surface area contributed by atoms with Crippen LogP contribution in [-0.4, -0.2) is 13.3 Å². The van der Waals surface area contributed by atoms with Crippen LogP contribution in [0.1, 0.15) is 25.8 Å². The molecular formula is C14H18N2O2. The highest BCUT2D eigenvalue weighted by Gasteiger charge is 2.16. The molecule has 96 valence electrons. The van der Waals surface area contributed by atoms with Crippen molar-refractivity contribution in [2.45, 2.75) is 26.8 Å². The minimum Gasteiger partial charge on any atom is -0.454 e. The van der Waals surface area contributed by atoms with Crippen LogP contribution in [0.3, 0.4) is 0 Å². The fraction of sp³-hybridized carbons (Fsp3) is 0.500. The lowest BCUT2D eigenvalue weighted by Crippen LogP contribution is -2.21. The maximum absolute atomic E-state index is 8.91. The van der Waals surface area contributed by atoms with Crippen LogP contribution in [0.15, 0.2) is 18.2 Å². The van der Waals surface area contributed by atoms with Crippen molar-refractivity contribution in [1.29, 1.82) is 5.26 Å². The second-order valence-corrected chi connectivity index (χ2v) is 5.11. The highest BCUT2D eigenvalue weighted by atomic mass is 16.7. The molecule has 0 fully saturated rings. The summed E-state index contributed by atoms with van der Waals surface area (Å²) in [7, 11) is 0. The van der Waals surface area contributed by atoms with Gasteiger partial charge in [0.1, 0.15) is 0 Å². The lowest BCUT2D eigenvalue weighted by atomic mass is 9.91. The van der Waals surface area contributed by atoms with Crippen molar-refractivity contribution in [2.24, 2.45) is 5.41 Å². The van der Waals surface area contributed by atoms with Crippen molar-refractivity contribution in [3.63, 3.8) is 0 Å². The third kappa shape index (κ3) is 3.14. The Morgan fingerprint density at radius 3 is 2.89 bits per heavy atom. The maximum atomic E-state index is 8.91. The van der Waals surface area contributed by atoms with Crippen LogP contribution >= 0.6 is 0 Å². The molecule has 0 saturated heterocycles. The van der Waals surface area contributed by atoms with Crippen LogP contribution < -0.4 is 14.8 Å². The van der Waals surface area contributed by atoms with Gasteiger partial charge in [-0.05, 0) is 44.5 Å². The molecule has 1 aromatic rings. The summed E-state index contributed by atoms with van der Waals surface area (Å²) in [5.41, 5.74) is 0.899. The maximum Gasteiger partial charge on any atom is 0.231 e. The smallest absolute Gasteiger partial charge is 0.231 e. The SMILES string of the molecule is CC(C)(C#N)CCNCc1ccc2c(c1)OCO2.